The second-order valence-electron chi connectivity index (χ2n) is 8.09. The smallest absolute Gasteiger partial charge is 0.256 e. The lowest BCUT2D eigenvalue weighted by Crippen LogP contribution is -2.13. The van der Waals surface area contributed by atoms with Crippen molar-refractivity contribution < 1.29 is 4.79 Å². The van der Waals surface area contributed by atoms with E-state index in [-0.39, 0.29) is 5.91 Å². The van der Waals surface area contributed by atoms with Gasteiger partial charge in [0.15, 0.2) is 5.65 Å². The molecule has 0 radical (unpaired) electrons. The number of aromatic nitrogens is 5. The van der Waals surface area contributed by atoms with Crippen LogP contribution in [0, 0.1) is 6.92 Å². The third-order valence-corrected chi connectivity index (χ3v) is 6.43. The van der Waals surface area contributed by atoms with E-state index < -0.39 is 0 Å². The molecule has 1 N–H and O–H groups in total. The molecular formula is C25H19Cl3N6O. The van der Waals surface area contributed by atoms with E-state index in [4.69, 9.17) is 39.8 Å². The number of benzene rings is 2. The Kier molecular flexibility index (Phi) is 6.23. The van der Waals surface area contributed by atoms with Gasteiger partial charge in [-0.3, -0.25) is 14.2 Å². The standard InChI is InChI=1S/C25H19Cl3N6O/c1-14-23-20(10-22(31-24(23)33(2)32-14)15-3-6-17(26)7-4-15)25(35)30-19-11-29-34(13-19)12-16-5-8-18(27)9-21(16)28/h3-11,13H,12H2,1-2H3,(H,30,35). The fourth-order valence-electron chi connectivity index (χ4n) is 3.93. The number of hydrogen-bond acceptors (Lipinski definition) is 4. The second kappa shape index (κ2) is 9.34. The van der Waals surface area contributed by atoms with Gasteiger partial charge in [-0.15, -0.1) is 0 Å². The molecular weight excluding hydrogens is 507 g/mol. The SMILES string of the molecule is Cc1nn(C)c2nc(-c3ccc(Cl)cc3)cc(C(=O)Nc3cnn(Cc4ccc(Cl)cc4Cl)c3)c12. The number of carbonyl (C=O) groups is 1. The summed E-state index contributed by atoms with van der Waals surface area (Å²) >= 11 is 18.3. The molecule has 0 spiro atoms. The Balaban J connectivity index is 1.46. The predicted octanol–water partition coefficient (Wildman–Crippen LogP) is 6.40. The first-order chi connectivity index (χ1) is 16.8. The first kappa shape index (κ1) is 23.4. The van der Waals surface area contributed by atoms with Crippen LogP contribution >= 0.6 is 34.8 Å². The van der Waals surface area contributed by atoms with Crippen LogP contribution < -0.4 is 5.32 Å². The van der Waals surface area contributed by atoms with E-state index >= 15 is 0 Å². The summed E-state index contributed by atoms with van der Waals surface area (Å²) in [6, 6.07) is 14.4. The summed E-state index contributed by atoms with van der Waals surface area (Å²) < 4.78 is 3.37. The number of aryl methyl sites for hydroxylation is 2. The number of halogens is 3. The Hall–Kier alpha value is -3.39. The van der Waals surface area contributed by atoms with Crippen molar-refractivity contribution in [1.82, 2.24) is 24.5 Å². The van der Waals surface area contributed by atoms with Crippen molar-refractivity contribution >= 4 is 57.4 Å². The molecule has 0 saturated heterocycles. The largest absolute Gasteiger partial charge is 0.319 e. The summed E-state index contributed by atoms with van der Waals surface area (Å²) in [6.45, 7) is 2.30. The van der Waals surface area contributed by atoms with Gasteiger partial charge < -0.3 is 5.32 Å². The number of rotatable bonds is 5. The van der Waals surface area contributed by atoms with Crippen molar-refractivity contribution in [3.8, 4) is 11.3 Å². The average molecular weight is 526 g/mol. The molecule has 1 amide bonds. The summed E-state index contributed by atoms with van der Waals surface area (Å²) in [5.41, 5.74) is 4.72. The summed E-state index contributed by atoms with van der Waals surface area (Å²) in [7, 11) is 1.81. The van der Waals surface area contributed by atoms with Crippen LogP contribution in [0.5, 0.6) is 0 Å². The number of pyridine rings is 1. The zero-order chi connectivity index (χ0) is 24.7. The average Bonchev–Trinajstić information content (AvgIpc) is 3.38. The van der Waals surface area contributed by atoms with Gasteiger partial charge in [0.1, 0.15) is 0 Å². The minimum absolute atomic E-state index is 0.284. The Labute approximate surface area is 216 Å². The molecule has 5 aromatic rings. The molecule has 35 heavy (non-hydrogen) atoms. The van der Waals surface area contributed by atoms with Crippen LogP contribution in [0.25, 0.3) is 22.3 Å². The van der Waals surface area contributed by atoms with Crippen molar-refractivity contribution in [3.63, 3.8) is 0 Å². The quantitative estimate of drug-likeness (QED) is 0.288. The Morgan fingerprint density at radius 1 is 1.03 bits per heavy atom. The van der Waals surface area contributed by atoms with Gasteiger partial charge in [-0.1, -0.05) is 53.0 Å². The van der Waals surface area contributed by atoms with Crippen LogP contribution in [0.3, 0.4) is 0 Å². The van der Waals surface area contributed by atoms with E-state index in [9.17, 15) is 4.79 Å². The molecule has 2 aromatic carbocycles. The monoisotopic (exact) mass is 524 g/mol. The van der Waals surface area contributed by atoms with Gasteiger partial charge in [0, 0.05) is 33.9 Å². The van der Waals surface area contributed by atoms with Gasteiger partial charge >= 0.3 is 0 Å². The number of carbonyl (C=O) groups excluding carboxylic acids is 1. The van der Waals surface area contributed by atoms with Crippen LogP contribution in [0.4, 0.5) is 5.69 Å². The minimum Gasteiger partial charge on any atom is -0.319 e. The Morgan fingerprint density at radius 2 is 1.77 bits per heavy atom. The highest BCUT2D eigenvalue weighted by Gasteiger charge is 2.20. The molecule has 3 aromatic heterocycles. The first-order valence-corrected chi connectivity index (χ1v) is 11.8. The fraction of sp³-hybridized carbons (Fsp3) is 0.120. The highest BCUT2D eigenvalue weighted by Crippen LogP contribution is 2.28. The van der Waals surface area contributed by atoms with Gasteiger partial charge in [-0.2, -0.15) is 10.2 Å². The molecule has 0 fully saturated rings. The number of anilines is 1. The van der Waals surface area contributed by atoms with Crippen LogP contribution in [0.15, 0.2) is 60.9 Å². The molecule has 5 rings (SSSR count). The van der Waals surface area contributed by atoms with Crippen LogP contribution in [0.2, 0.25) is 15.1 Å². The van der Waals surface area contributed by atoms with Crippen molar-refractivity contribution in [2.75, 3.05) is 5.32 Å². The molecule has 0 aliphatic rings. The lowest BCUT2D eigenvalue weighted by atomic mass is 10.0. The van der Waals surface area contributed by atoms with E-state index in [1.165, 1.54) is 0 Å². The lowest BCUT2D eigenvalue weighted by molar-refractivity contribution is 0.102. The molecule has 0 unspecified atom stereocenters. The van der Waals surface area contributed by atoms with Crippen LogP contribution in [0.1, 0.15) is 21.6 Å². The minimum atomic E-state index is -0.284. The van der Waals surface area contributed by atoms with Crippen LogP contribution in [-0.4, -0.2) is 30.5 Å². The second-order valence-corrected chi connectivity index (χ2v) is 9.37. The number of amides is 1. The van der Waals surface area contributed by atoms with Crippen LogP contribution in [-0.2, 0) is 13.6 Å². The van der Waals surface area contributed by atoms with Crippen molar-refractivity contribution in [2.24, 2.45) is 7.05 Å². The molecule has 0 aliphatic carbocycles. The number of nitrogens with zero attached hydrogens (tertiary/aromatic N) is 5. The molecule has 0 saturated carbocycles. The number of fused-ring (bicyclic) bond motifs is 1. The molecule has 0 aliphatic heterocycles. The summed E-state index contributed by atoms with van der Waals surface area (Å²) in [6.07, 6.45) is 3.34. The maximum Gasteiger partial charge on any atom is 0.256 e. The van der Waals surface area contributed by atoms with Gasteiger partial charge in [-0.25, -0.2) is 4.98 Å². The van der Waals surface area contributed by atoms with E-state index in [2.05, 4.69) is 15.5 Å². The number of nitrogens with one attached hydrogen (secondary N) is 1. The zero-order valence-electron chi connectivity index (χ0n) is 18.8. The highest BCUT2D eigenvalue weighted by atomic mass is 35.5. The van der Waals surface area contributed by atoms with Crippen molar-refractivity contribution in [3.05, 3.63) is 92.8 Å². The summed E-state index contributed by atoms with van der Waals surface area (Å²) in [5, 5.41) is 14.2. The van der Waals surface area contributed by atoms with Gasteiger partial charge in [0.25, 0.3) is 5.91 Å². The van der Waals surface area contributed by atoms with Crippen molar-refractivity contribution in [1.29, 1.82) is 0 Å². The molecule has 7 nitrogen and oxygen atoms in total. The molecule has 0 atom stereocenters. The number of hydrogen-bond donors (Lipinski definition) is 1. The molecule has 3 heterocycles. The Morgan fingerprint density at radius 3 is 2.51 bits per heavy atom. The fourth-order valence-corrected chi connectivity index (χ4v) is 4.52. The van der Waals surface area contributed by atoms with Gasteiger partial charge in [-0.05, 0) is 42.8 Å². The normalized spacial score (nSPS) is 11.2. The molecule has 176 valence electrons. The maximum atomic E-state index is 13.4. The van der Waals surface area contributed by atoms with E-state index in [0.29, 0.717) is 49.6 Å². The maximum absolute atomic E-state index is 13.4. The van der Waals surface area contributed by atoms with Gasteiger partial charge in [0.2, 0.25) is 0 Å². The lowest BCUT2D eigenvalue weighted by Gasteiger charge is -2.09. The van der Waals surface area contributed by atoms with E-state index in [1.807, 2.05) is 32.2 Å². The van der Waals surface area contributed by atoms with E-state index in [0.717, 1.165) is 16.8 Å². The predicted molar refractivity (Wildman–Crippen MR) is 139 cm³/mol. The summed E-state index contributed by atoms with van der Waals surface area (Å²) in [5.74, 6) is -0.284. The third kappa shape index (κ3) is 4.75. The molecule has 10 heteroatoms. The molecule has 0 bridgehead atoms. The topological polar surface area (TPSA) is 77.6 Å². The third-order valence-electron chi connectivity index (χ3n) is 5.59. The first-order valence-electron chi connectivity index (χ1n) is 10.7. The van der Waals surface area contributed by atoms with Gasteiger partial charge in [0.05, 0.1) is 40.8 Å². The van der Waals surface area contributed by atoms with E-state index in [1.54, 1.807) is 52.1 Å². The Bertz CT molecular complexity index is 1570. The highest BCUT2D eigenvalue weighted by molar-refractivity contribution is 6.35. The summed E-state index contributed by atoms with van der Waals surface area (Å²) in [4.78, 5) is 18.2. The van der Waals surface area contributed by atoms with Crippen molar-refractivity contribution in [2.45, 2.75) is 13.5 Å². The zero-order valence-corrected chi connectivity index (χ0v) is 21.0.